The number of carbonyl (C=O) groups excluding carboxylic acids is 1. The molecule has 0 radical (unpaired) electrons. The first-order chi connectivity index (χ1) is 13.9. The first-order valence-corrected chi connectivity index (χ1v) is 12.4. The monoisotopic (exact) mass is 527 g/mol. The summed E-state index contributed by atoms with van der Waals surface area (Å²) in [7, 11) is -3.31. The molecular formula is C21H26IN3O3S. The van der Waals surface area contributed by atoms with Crippen LogP contribution in [-0.2, 0) is 10.0 Å². The quantitative estimate of drug-likeness (QED) is 0.444. The number of nitrogens with one attached hydrogen (secondary N) is 1. The van der Waals surface area contributed by atoms with Crippen LogP contribution in [0.4, 0.5) is 5.69 Å². The lowest BCUT2D eigenvalue weighted by Gasteiger charge is -2.35. The molecular weight excluding hydrogens is 501 g/mol. The second-order valence-electron chi connectivity index (χ2n) is 7.13. The lowest BCUT2D eigenvalue weighted by Crippen LogP contribution is -2.49. The highest BCUT2D eigenvalue weighted by Gasteiger charge is 2.26. The molecule has 6 nitrogen and oxygen atoms in total. The lowest BCUT2D eigenvalue weighted by atomic mass is 10.2. The Morgan fingerprint density at radius 1 is 1.07 bits per heavy atom. The van der Waals surface area contributed by atoms with Crippen molar-refractivity contribution in [1.82, 2.24) is 9.62 Å². The molecule has 1 amide bonds. The highest BCUT2D eigenvalue weighted by Crippen LogP contribution is 2.19. The van der Waals surface area contributed by atoms with Gasteiger partial charge in [0.15, 0.2) is 0 Å². The van der Waals surface area contributed by atoms with Crippen LogP contribution in [0.15, 0.2) is 48.5 Å². The highest BCUT2D eigenvalue weighted by atomic mass is 127. The number of carbonyl (C=O) groups is 1. The van der Waals surface area contributed by atoms with E-state index in [2.05, 4.69) is 57.9 Å². The minimum atomic E-state index is -3.31. The molecule has 1 heterocycles. The van der Waals surface area contributed by atoms with E-state index in [4.69, 9.17) is 0 Å². The van der Waals surface area contributed by atoms with E-state index in [1.165, 1.54) is 5.56 Å². The summed E-state index contributed by atoms with van der Waals surface area (Å²) in [6.45, 7) is 4.75. The molecule has 0 bridgehead atoms. The fourth-order valence-corrected chi connectivity index (χ4v) is 5.49. The number of anilines is 1. The average Bonchev–Trinajstić information content (AvgIpc) is 2.71. The second kappa shape index (κ2) is 9.90. The van der Waals surface area contributed by atoms with Crippen molar-refractivity contribution in [2.75, 3.05) is 43.4 Å². The maximum atomic E-state index is 12.6. The Hall–Kier alpha value is -1.65. The van der Waals surface area contributed by atoms with Crippen LogP contribution in [0.5, 0.6) is 0 Å². The largest absolute Gasteiger partial charge is 0.369 e. The van der Waals surface area contributed by atoms with Crippen LogP contribution in [0.1, 0.15) is 22.3 Å². The van der Waals surface area contributed by atoms with E-state index in [0.29, 0.717) is 44.7 Å². The van der Waals surface area contributed by atoms with Gasteiger partial charge in [-0.25, -0.2) is 8.42 Å². The molecule has 2 aromatic rings. The molecule has 0 unspecified atom stereocenters. The molecule has 1 fully saturated rings. The molecule has 0 saturated carbocycles. The van der Waals surface area contributed by atoms with Crippen molar-refractivity contribution in [3.63, 3.8) is 0 Å². The zero-order valence-corrected chi connectivity index (χ0v) is 19.4. The fourth-order valence-electron chi connectivity index (χ4n) is 3.38. The summed E-state index contributed by atoms with van der Waals surface area (Å²) in [6.07, 6.45) is 0.398. The third-order valence-corrected chi connectivity index (χ3v) is 7.88. The smallest absolute Gasteiger partial charge is 0.252 e. The topological polar surface area (TPSA) is 69.7 Å². The Kier molecular flexibility index (Phi) is 7.53. The van der Waals surface area contributed by atoms with E-state index in [1.807, 2.05) is 24.3 Å². The molecule has 1 aliphatic rings. The van der Waals surface area contributed by atoms with E-state index in [9.17, 15) is 13.2 Å². The zero-order valence-electron chi connectivity index (χ0n) is 16.5. The highest BCUT2D eigenvalue weighted by molar-refractivity contribution is 14.1. The number of piperazine rings is 1. The molecule has 0 spiro atoms. The third kappa shape index (κ3) is 5.93. The number of rotatable bonds is 7. The van der Waals surface area contributed by atoms with Crippen LogP contribution >= 0.6 is 22.6 Å². The molecule has 2 aromatic carbocycles. The van der Waals surface area contributed by atoms with Crippen molar-refractivity contribution >= 4 is 44.2 Å². The number of amides is 1. The summed E-state index contributed by atoms with van der Waals surface area (Å²) < 4.78 is 27.7. The van der Waals surface area contributed by atoms with Crippen LogP contribution in [-0.4, -0.2) is 57.1 Å². The minimum Gasteiger partial charge on any atom is -0.369 e. The number of hydrogen-bond donors (Lipinski definition) is 1. The van der Waals surface area contributed by atoms with Crippen molar-refractivity contribution in [3.8, 4) is 0 Å². The molecule has 1 saturated heterocycles. The predicted molar refractivity (Wildman–Crippen MR) is 125 cm³/mol. The van der Waals surface area contributed by atoms with Crippen molar-refractivity contribution in [2.24, 2.45) is 0 Å². The van der Waals surface area contributed by atoms with Gasteiger partial charge < -0.3 is 10.2 Å². The number of sulfonamides is 1. The SMILES string of the molecule is Cc1cccc(N2CCN(S(=O)(=O)CCCNC(=O)c3ccccc3I)CC2)c1. The van der Waals surface area contributed by atoms with Gasteiger partial charge in [-0.3, -0.25) is 4.79 Å². The van der Waals surface area contributed by atoms with Crippen molar-refractivity contribution in [1.29, 1.82) is 0 Å². The standard InChI is InChI=1S/C21H26IN3O3S/c1-17-6-4-7-18(16-17)24-11-13-25(14-12-24)29(27,28)15-5-10-23-21(26)19-8-2-3-9-20(19)22/h2-4,6-9,16H,5,10-15H2,1H3,(H,23,26). The predicted octanol–water partition coefficient (Wildman–Crippen LogP) is 2.87. The third-order valence-electron chi connectivity index (χ3n) is 4.98. The molecule has 0 aromatic heterocycles. The Morgan fingerprint density at radius 3 is 2.48 bits per heavy atom. The number of benzene rings is 2. The van der Waals surface area contributed by atoms with Gasteiger partial charge in [0, 0.05) is 42.0 Å². The second-order valence-corrected chi connectivity index (χ2v) is 10.4. The Balaban J connectivity index is 1.44. The van der Waals surface area contributed by atoms with Crippen LogP contribution in [0.3, 0.4) is 0 Å². The summed E-state index contributed by atoms with van der Waals surface area (Å²) in [4.78, 5) is 14.4. The Labute approximate surface area is 186 Å². The van der Waals surface area contributed by atoms with Crippen molar-refractivity contribution in [3.05, 3.63) is 63.2 Å². The summed E-state index contributed by atoms with van der Waals surface area (Å²) in [5.41, 5.74) is 2.95. The Bertz CT molecular complexity index is 957. The van der Waals surface area contributed by atoms with Gasteiger partial charge in [-0.15, -0.1) is 0 Å². The maximum absolute atomic E-state index is 12.6. The molecule has 3 rings (SSSR count). The van der Waals surface area contributed by atoms with Gasteiger partial charge in [-0.05, 0) is 65.8 Å². The number of aryl methyl sites for hydroxylation is 1. The van der Waals surface area contributed by atoms with Crippen molar-refractivity contribution < 1.29 is 13.2 Å². The minimum absolute atomic E-state index is 0.0452. The van der Waals surface area contributed by atoms with Gasteiger partial charge >= 0.3 is 0 Å². The summed E-state index contributed by atoms with van der Waals surface area (Å²) >= 11 is 2.12. The number of nitrogens with zero attached hydrogens (tertiary/aromatic N) is 2. The summed E-state index contributed by atoms with van der Waals surface area (Å²) in [6, 6.07) is 15.6. The molecule has 1 aliphatic heterocycles. The van der Waals surface area contributed by atoms with Crippen LogP contribution < -0.4 is 10.2 Å². The van der Waals surface area contributed by atoms with Crippen LogP contribution in [0, 0.1) is 10.5 Å². The first-order valence-electron chi connectivity index (χ1n) is 9.69. The van der Waals surface area contributed by atoms with Crippen LogP contribution in [0.25, 0.3) is 0 Å². The normalized spacial score (nSPS) is 15.3. The van der Waals surface area contributed by atoms with Crippen molar-refractivity contribution in [2.45, 2.75) is 13.3 Å². The van der Waals surface area contributed by atoms with Gasteiger partial charge in [0.2, 0.25) is 10.0 Å². The molecule has 0 atom stereocenters. The zero-order chi connectivity index (χ0) is 20.9. The first kappa shape index (κ1) is 22.0. The maximum Gasteiger partial charge on any atom is 0.252 e. The van der Waals surface area contributed by atoms with E-state index in [0.717, 1.165) is 9.26 Å². The number of hydrogen-bond acceptors (Lipinski definition) is 4. The lowest BCUT2D eigenvalue weighted by molar-refractivity contribution is 0.0952. The van der Waals surface area contributed by atoms with Crippen LogP contribution in [0.2, 0.25) is 0 Å². The Morgan fingerprint density at radius 2 is 1.79 bits per heavy atom. The summed E-state index contributed by atoms with van der Waals surface area (Å²) in [5.74, 6) is -0.122. The fraction of sp³-hybridized carbons (Fsp3) is 0.381. The molecule has 0 aliphatic carbocycles. The van der Waals surface area contributed by atoms with E-state index < -0.39 is 10.0 Å². The molecule has 29 heavy (non-hydrogen) atoms. The number of halogens is 1. The van der Waals surface area contributed by atoms with E-state index in [-0.39, 0.29) is 11.7 Å². The van der Waals surface area contributed by atoms with Gasteiger partial charge in [0.1, 0.15) is 0 Å². The van der Waals surface area contributed by atoms with E-state index in [1.54, 1.807) is 10.4 Å². The average molecular weight is 527 g/mol. The molecule has 8 heteroatoms. The molecule has 1 N–H and O–H groups in total. The van der Waals surface area contributed by atoms with Gasteiger partial charge in [-0.1, -0.05) is 24.3 Å². The van der Waals surface area contributed by atoms with Gasteiger partial charge in [-0.2, -0.15) is 4.31 Å². The summed E-state index contributed by atoms with van der Waals surface area (Å²) in [5, 5.41) is 2.81. The molecule has 156 valence electrons. The van der Waals surface area contributed by atoms with Gasteiger partial charge in [0.05, 0.1) is 11.3 Å². The van der Waals surface area contributed by atoms with Gasteiger partial charge in [0.25, 0.3) is 5.91 Å². The van der Waals surface area contributed by atoms with E-state index >= 15 is 0 Å².